The highest BCUT2D eigenvalue weighted by atomic mass is 35.5. The number of hydrogen-bond acceptors (Lipinski definition) is 7. The van der Waals surface area contributed by atoms with Crippen LogP contribution in [0.2, 0.25) is 5.02 Å². The lowest BCUT2D eigenvalue weighted by atomic mass is 10.1. The number of urea groups is 1. The summed E-state index contributed by atoms with van der Waals surface area (Å²) in [5, 5.41) is 13.4. The maximum Gasteiger partial charge on any atom is 0.335 e. The summed E-state index contributed by atoms with van der Waals surface area (Å²) in [5.41, 5.74) is 1.73. The number of nitro benzene ring substituents is 1. The molecule has 4 amide bonds. The zero-order valence-corrected chi connectivity index (χ0v) is 21.2. The highest BCUT2D eigenvalue weighted by Crippen LogP contribution is 2.38. The van der Waals surface area contributed by atoms with Crippen molar-refractivity contribution in [2.75, 3.05) is 11.5 Å². The topological polar surface area (TPSA) is 128 Å². The molecule has 1 N–H and O–H groups in total. The first-order valence-corrected chi connectivity index (χ1v) is 11.9. The third-order valence-electron chi connectivity index (χ3n) is 5.51. The summed E-state index contributed by atoms with van der Waals surface area (Å²) in [6.07, 6.45) is 1.31. The average Bonchev–Trinajstić information content (AvgIpc) is 2.86. The minimum Gasteiger partial charge on any atom is -0.490 e. The van der Waals surface area contributed by atoms with Gasteiger partial charge in [0, 0.05) is 12.1 Å². The Morgan fingerprint density at radius 1 is 1.05 bits per heavy atom. The van der Waals surface area contributed by atoms with Crippen molar-refractivity contribution in [1.29, 1.82) is 0 Å². The second kappa shape index (κ2) is 11.1. The molecule has 1 fully saturated rings. The fraction of sp³-hybridized carbons (Fsp3) is 0.148. The predicted octanol–water partition coefficient (Wildman–Crippen LogP) is 5.20. The van der Waals surface area contributed by atoms with Gasteiger partial charge in [-0.2, -0.15) is 0 Å². The number of rotatable bonds is 8. The van der Waals surface area contributed by atoms with Gasteiger partial charge >= 0.3 is 6.03 Å². The first-order valence-electron chi connectivity index (χ1n) is 11.5. The first-order chi connectivity index (χ1) is 18.2. The standard InChI is InChI=1S/C27H22ClN3O7/c1-3-37-23-14-18(13-22(28)24(23)38-15-17-7-5-9-20(11-17)31(35)36)12-21-25(32)29-27(34)30(26(21)33)19-8-4-6-16(2)10-19/h4-14H,3,15H2,1-2H3,(H,29,32,34)/b21-12+. The minimum atomic E-state index is -0.847. The second-order valence-corrected chi connectivity index (χ2v) is 8.68. The fourth-order valence-electron chi connectivity index (χ4n) is 3.82. The van der Waals surface area contributed by atoms with E-state index in [1.165, 1.54) is 24.3 Å². The van der Waals surface area contributed by atoms with Gasteiger partial charge in [0.1, 0.15) is 12.2 Å². The van der Waals surface area contributed by atoms with E-state index in [0.717, 1.165) is 10.5 Å². The van der Waals surface area contributed by atoms with Crippen LogP contribution < -0.4 is 19.7 Å². The van der Waals surface area contributed by atoms with Crippen LogP contribution >= 0.6 is 11.6 Å². The summed E-state index contributed by atoms with van der Waals surface area (Å²) < 4.78 is 11.5. The lowest BCUT2D eigenvalue weighted by Crippen LogP contribution is -2.54. The van der Waals surface area contributed by atoms with Gasteiger partial charge in [-0.25, -0.2) is 9.69 Å². The number of amides is 4. The predicted molar refractivity (Wildman–Crippen MR) is 140 cm³/mol. The number of benzene rings is 3. The molecule has 1 saturated heterocycles. The highest BCUT2D eigenvalue weighted by molar-refractivity contribution is 6.39. The van der Waals surface area contributed by atoms with Crippen LogP contribution in [0.3, 0.4) is 0 Å². The molecule has 0 aromatic heterocycles. The van der Waals surface area contributed by atoms with E-state index in [2.05, 4.69) is 5.32 Å². The number of carbonyl (C=O) groups is 3. The summed E-state index contributed by atoms with van der Waals surface area (Å²) >= 11 is 6.48. The largest absolute Gasteiger partial charge is 0.490 e. The molecule has 38 heavy (non-hydrogen) atoms. The van der Waals surface area contributed by atoms with E-state index in [1.54, 1.807) is 43.3 Å². The van der Waals surface area contributed by atoms with Crippen molar-refractivity contribution in [3.63, 3.8) is 0 Å². The number of carbonyl (C=O) groups excluding carboxylic acids is 3. The molecule has 3 aromatic rings. The van der Waals surface area contributed by atoms with Gasteiger partial charge in [0.2, 0.25) is 0 Å². The van der Waals surface area contributed by atoms with Crippen LogP contribution in [-0.2, 0) is 16.2 Å². The van der Waals surface area contributed by atoms with Gasteiger partial charge in [0.15, 0.2) is 11.5 Å². The van der Waals surface area contributed by atoms with Crippen molar-refractivity contribution >= 4 is 46.9 Å². The Kier molecular flexibility index (Phi) is 7.73. The molecule has 11 heteroatoms. The molecular weight excluding hydrogens is 514 g/mol. The lowest BCUT2D eigenvalue weighted by molar-refractivity contribution is -0.384. The minimum absolute atomic E-state index is 0.0175. The van der Waals surface area contributed by atoms with Crippen molar-refractivity contribution in [2.24, 2.45) is 0 Å². The Morgan fingerprint density at radius 3 is 2.53 bits per heavy atom. The van der Waals surface area contributed by atoms with Crippen LogP contribution in [0.25, 0.3) is 6.08 Å². The number of barbiturate groups is 1. The lowest BCUT2D eigenvalue weighted by Gasteiger charge is -2.26. The van der Waals surface area contributed by atoms with E-state index in [1.807, 2.05) is 13.0 Å². The molecule has 4 rings (SSSR count). The maximum absolute atomic E-state index is 13.2. The Hall–Kier alpha value is -4.70. The van der Waals surface area contributed by atoms with Gasteiger partial charge in [-0.05, 0) is 60.9 Å². The molecule has 1 heterocycles. The molecule has 0 aliphatic carbocycles. The first kappa shape index (κ1) is 26.4. The Balaban J connectivity index is 1.65. The molecule has 1 aliphatic heterocycles. The van der Waals surface area contributed by atoms with E-state index in [-0.39, 0.29) is 41.0 Å². The molecule has 1 aliphatic rings. The van der Waals surface area contributed by atoms with Gasteiger partial charge in [0.05, 0.1) is 22.2 Å². The summed E-state index contributed by atoms with van der Waals surface area (Å²) in [6.45, 7) is 3.82. The summed E-state index contributed by atoms with van der Waals surface area (Å²) in [5.74, 6) is -1.20. The Morgan fingerprint density at radius 2 is 1.82 bits per heavy atom. The molecule has 0 spiro atoms. The van der Waals surface area contributed by atoms with Crippen molar-refractivity contribution < 1.29 is 28.8 Å². The van der Waals surface area contributed by atoms with Crippen molar-refractivity contribution in [2.45, 2.75) is 20.5 Å². The zero-order valence-electron chi connectivity index (χ0n) is 20.4. The van der Waals surface area contributed by atoms with Gasteiger partial charge < -0.3 is 9.47 Å². The number of anilines is 1. The molecule has 3 aromatic carbocycles. The van der Waals surface area contributed by atoms with E-state index in [0.29, 0.717) is 16.8 Å². The molecule has 0 radical (unpaired) electrons. The summed E-state index contributed by atoms with van der Waals surface area (Å²) in [6, 6.07) is 14.9. The number of halogens is 1. The average molecular weight is 536 g/mol. The SMILES string of the molecule is CCOc1cc(/C=C2\C(=O)NC(=O)N(c3cccc(C)c3)C2=O)cc(Cl)c1OCc1cccc([N+](=O)[O-])c1. The summed E-state index contributed by atoms with van der Waals surface area (Å²) in [7, 11) is 0. The van der Waals surface area contributed by atoms with Gasteiger partial charge in [0.25, 0.3) is 17.5 Å². The van der Waals surface area contributed by atoms with Crippen LogP contribution in [0.4, 0.5) is 16.2 Å². The molecule has 0 unspecified atom stereocenters. The normalized spacial score (nSPS) is 14.4. The number of non-ortho nitro benzene ring substituents is 1. The van der Waals surface area contributed by atoms with E-state index < -0.39 is 22.8 Å². The Bertz CT molecular complexity index is 1490. The number of nitrogens with one attached hydrogen (secondary N) is 1. The molecule has 10 nitrogen and oxygen atoms in total. The number of nitrogens with zero attached hydrogens (tertiary/aromatic N) is 2. The van der Waals surface area contributed by atoms with Crippen LogP contribution in [-0.4, -0.2) is 29.4 Å². The smallest absolute Gasteiger partial charge is 0.335 e. The van der Waals surface area contributed by atoms with Gasteiger partial charge in [-0.15, -0.1) is 0 Å². The number of ether oxygens (including phenoxy) is 2. The summed E-state index contributed by atoms with van der Waals surface area (Å²) in [4.78, 5) is 49.7. The number of hydrogen-bond donors (Lipinski definition) is 1. The monoisotopic (exact) mass is 535 g/mol. The van der Waals surface area contributed by atoms with Crippen molar-refractivity contribution in [1.82, 2.24) is 5.32 Å². The van der Waals surface area contributed by atoms with Crippen molar-refractivity contribution in [3.05, 3.63) is 98.1 Å². The maximum atomic E-state index is 13.2. The number of imide groups is 2. The van der Waals surface area contributed by atoms with Gasteiger partial charge in [-0.3, -0.25) is 25.0 Å². The Labute approximate surface area is 222 Å². The van der Waals surface area contributed by atoms with Crippen LogP contribution in [0, 0.1) is 17.0 Å². The van der Waals surface area contributed by atoms with Crippen LogP contribution in [0.5, 0.6) is 11.5 Å². The second-order valence-electron chi connectivity index (χ2n) is 8.28. The van der Waals surface area contributed by atoms with E-state index in [9.17, 15) is 24.5 Å². The fourth-order valence-corrected chi connectivity index (χ4v) is 4.09. The van der Waals surface area contributed by atoms with Gasteiger partial charge in [-0.1, -0.05) is 35.9 Å². The third-order valence-corrected chi connectivity index (χ3v) is 5.79. The van der Waals surface area contributed by atoms with Crippen molar-refractivity contribution in [3.8, 4) is 11.5 Å². The van der Waals surface area contributed by atoms with E-state index >= 15 is 0 Å². The van der Waals surface area contributed by atoms with Crippen LogP contribution in [0.1, 0.15) is 23.6 Å². The molecule has 194 valence electrons. The number of aryl methyl sites for hydroxylation is 1. The van der Waals surface area contributed by atoms with Crippen LogP contribution in [0.15, 0.2) is 66.2 Å². The molecule has 0 saturated carbocycles. The molecular formula is C27H22ClN3O7. The quantitative estimate of drug-likeness (QED) is 0.182. The zero-order chi connectivity index (χ0) is 27.4. The molecule has 0 bridgehead atoms. The molecule has 0 atom stereocenters. The van der Waals surface area contributed by atoms with E-state index in [4.69, 9.17) is 21.1 Å². The number of nitro groups is 1. The highest BCUT2D eigenvalue weighted by Gasteiger charge is 2.37. The third kappa shape index (κ3) is 5.65.